The van der Waals surface area contributed by atoms with Crippen LogP contribution in [0.3, 0.4) is 0 Å². The molecule has 3 heterocycles. The lowest BCUT2D eigenvalue weighted by molar-refractivity contribution is 0.0686. The summed E-state index contributed by atoms with van der Waals surface area (Å²) in [7, 11) is 0. The molecule has 4 rings (SSSR count). The first kappa shape index (κ1) is 16.4. The highest BCUT2D eigenvalue weighted by Gasteiger charge is 2.27. The Labute approximate surface area is 156 Å². The highest BCUT2D eigenvalue weighted by atomic mass is 35.5. The van der Waals surface area contributed by atoms with Gasteiger partial charge in [0.05, 0.1) is 15.0 Å². The lowest BCUT2D eigenvalue weighted by Gasteiger charge is -2.23. The van der Waals surface area contributed by atoms with Crippen molar-refractivity contribution in [2.75, 3.05) is 12.4 Å². The van der Waals surface area contributed by atoms with Crippen molar-refractivity contribution in [3.8, 4) is 11.5 Å². The van der Waals surface area contributed by atoms with Crippen molar-refractivity contribution >= 4 is 40.5 Å². The summed E-state index contributed by atoms with van der Waals surface area (Å²) in [5.74, 6) is 1.81. The fourth-order valence-corrected chi connectivity index (χ4v) is 3.94. The normalized spacial score (nSPS) is 16.0. The molecule has 1 aromatic carbocycles. The molecular weight excluding hydrogens is 384 g/mol. The summed E-state index contributed by atoms with van der Waals surface area (Å²) in [5.41, 5.74) is 0. The van der Waals surface area contributed by atoms with Gasteiger partial charge in [-0.05, 0) is 24.3 Å². The molecule has 0 fully saturated rings. The number of hydrogen-bond donors (Lipinski definition) is 0. The first-order valence-electron chi connectivity index (χ1n) is 7.32. The highest BCUT2D eigenvalue weighted by molar-refractivity contribution is 7.99. The van der Waals surface area contributed by atoms with Gasteiger partial charge >= 0.3 is 0 Å². The third-order valence-electron chi connectivity index (χ3n) is 3.38. The van der Waals surface area contributed by atoms with Gasteiger partial charge in [0.1, 0.15) is 6.61 Å². The van der Waals surface area contributed by atoms with Gasteiger partial charge in [0.2, 0.25) is 6.10 Å². The number of Topliss-reactive ketones (excluding diaryl/α,β-unsaturated/α-hetero) is 1. The van der Waals surface area contributed by atoms with Crippen molar-refractivity contribution in [1.29, 1.82) is 0 Å². The number of ketones is 1. The van der Waals surface area contributed by atoms with Crippen LogP contribution in [0.4, 0.5) is 0 Å². The van der Waals surface area contributed by atoms with Crippen molar-refractivity contribution in [1.82, 2.24) is 10.2 Å². The van der Waals surface area contributed by atoms with E-state index in [4.69, 9.17) is 25.5 Å². The molecule has 6 nitrogen and oxygen atoms in total. The second-order valence-electron chi connectivity index (χ2n) is 5.09. The SMILES string of the molecule is O=C(CSc1nnc(C2COc3ccccc3O2)o1)c1ccc(Cl)s1. The summed E-state index contributed by atoms with van der Waals surface area (Å²) in [4.78, 5) is 12.7. The molecule has 1 aliphatic rings. The molecule has 0 bridgehead atoms. The molecule has 0 aliphatic carbocycles. The maximum atomic E-state index is 12.1. The van der Waals surface area contributed by atoms with Gasteiger partial charge in [0.25, 0.3) is 11.1 Å². The van der Waals surface area contributed by atoms with Crippen molar-refractivity contribution in [2.24, 2.45) is 0 Å². The second kappa shape index (κ2) is 7.07. The Hall–Kier alpha value is -2.03. The van der Waals surface area contributed by atoms with Crippen LogP contribution in [0.2, 0.25) is 4.34 Å². The minimum absolute atomic E-state index is 0.0344. The molecule has 0 amide bonds. The Bertz CT molecular complexity index is 911. The molecule has 0 spiro atoms. The van der Waals surface area contributed by atoms with Crippen LogP contribution in [0.1, 0.15) is 21.7 Å². The summed E-state index contributed by atoms with van der Waals surface area (Å²) < 4.78 is 17.6. The van der Waals surface area contributed by atoms with E-state index in [9.17, 15) is 4.79 Å². The fourth-order valence-electron chi connectivity index (χ4n) is 2.21. The number of hydrogen-bond acceptors (Lipinski definition) is 8. The van der Waals surface area contributed by atoms with Crippen LogP contribution in [0.15, 0.2) is 46.0 Å². The Morgan fingerprint density at radius 3 is 2.88 bits per heavy atom. The molecule has 0 saturated carbocycles. The zero-order valence-electron chi connectivity index (χ0n) is 12.7. The number of carbonyl (C=O) groups is 1. The Kier molecular flexibility index (Phi) is 4.65. The number of thiophene rings is 1. The molecule has 1 unspecified atom stereocenters. The van der Waals surface area contributed by atoms with E-state index < -0.39 is 6.10 Å². The monoisotopic (exact) mass is 394 g/mol. The van der Waals surface area contributed by atoms with Crippen molar-refractivity contribution in [2.45, 2.75) is 11.3 Å². The van der Waals surface area contributed by atoms with E-state index >= 15 is 0 Å². The maximum Gasteiger partial charge on any atom is 0.277 e. The number of carbonyl (C=O) groups excluding carboxylic acids is 1. The second-order valence-corrected chi connectivity index (χ2v) is 7.73. The van der Waals surface area contributed by atoms with Crippen LogP contribution in [-0.2, 0) is 0 Å². The van der Waals surface area contributed by atoms with Crippen molar-refractivity contribution in [3.63, 3.8) is 0 Å². The summed E-state index contributed by atoms with van der Waals surface area (Å²) in [6.45, 7) is 0.288. The summed E-state index contributed by atoms with van der Waals surface area (Å²) >= 11 is 8.27. The van der Waals surface area contributed by atoms with Crippen LogP contribution in [0.25, 0.3) is 0 Å². The van der Waals surface area contributed by atoms with E-state index in [0.29, 0.717) is 31.8 Å². The zero-order chi connectivity index (χ0) is 17.2. The van der Waals surface area contributed by atoms with E-state index in [0.717, 1.165) is 0 Å². The van der Waals surface area contributed by atoms with Gasteiger partial charge in [-0.15, -0.1) is 21.5 Å². The minimum Gasteiger partial charge on any atom is -0.485 e. The zero-order valence-corrected chi connectivity index (χ0v) is 15.1. The average molecular weight is 395 g/mol. The quantitative estimate of drug-likeness (QED) is 0.472. The van der Waals surface area contributed by atoms with E-state index in [1.807, 2.05) is 24.3 Å². The highest BCUT2D eigenvalue weighted by Crippen LogP contribution is 2.36. The van der Waals surface area contributed by atoms with Gasteiger partial charge in [-0.1, -0.05) is 35.5 Å². The number of ether oxygens (including phenoxy) is 2. The molecule has 9 heteroatoms. The standard InChI is InChI=1S/C16H11ClN2O4S2/c17-14-6-5-13(25-14)9(20)8-24-16-19-18-15(23-16)12-7-21-10-3-1-2-4-11(10)22-12/h1-6,12H,7-8H2. The first-order chi connectivity index (χ1) is 12.2. The van der Waals surface area contributed by atoms with Gasteiger partial charge in [-0.2, -0.15) is 0 Å². The molecule has 0 N–H and O–H groups in total. The van der Waals surface area contributed by atoms with Crippen molar-refractivity contribution in [3.05, 3.63) is 51.5 Å². The number of aromatic nitrogens is 2. The fraction of sp³-hybridized carbons (Fsp3) is 0.188. The van der Waals surface area contributed by atoms with E-state index in [-0.39, 0.29) is 18.1 Å². The average Bonchev–Trinajstić information content (AvgIpc) is 3.28. The summed E-state index contributed by atoms with van der Waals surface area (Å²) in [6, 6.07) is 10.8. The number of benzene rings is 1. The van der Waals surface area contributed by atoms with Crippen LogP contribution >= 0.6 is 34.7 Å². The smallest absolute Gasteiger partial charge is 0.277 e. The van der Waals surface area contributed by atoms with E-state index in [2.05, 4.69) is 10.2 Å². The van der Waals surface area contributed by atoms with Crippen LogP contribution < -0.4 is 9.47 Å². The van der Waals surface area contributed by atoms with Gasteiger partial charge in [0, 0.05) is 0 Å². The first-order valence-corrected chi connectivity index (χ1v) is 9.50. The predicted molar refractivity (Wildman–Crippen MR) is 94.0 cm³/mol. The molecule has 3 aromatic rings. The van der Waals surface area contributed by atoms with Crippen LogP contribution in [0, 0.1) is 0 Å². The third-order valence-corrected chi connectivity index (χ3v) is 5.47. The molecular formula is C16H11ClN2O4S2. The Balaban J connectivity index is 1.38. The Morgan fingerprint density at radius 2 is 2.08 bits per heavy atom. The lowest BCUT2D eigenvalue weighted by atomic mass is 10.2. The van der Waals surface area contributed by atoms with Gasteiger partial charge in [-0.3, -0.25) is 4.79 Å². The number of thioether (sulfide) groups is 1. The lowest BCUT2D eigenvalue weighted by Crippen LogP contribution is -2.21. The van der Waals surface area contributed by atoms with Gasteiger partial charge in [0.15, 0.2) is 17.3 Å². The topological polar surface area (TPSA) is 74.5 Å². The Morgan fingerprint density at radius 1 is 1.24 bits per heavy atom. The third kappa shape index (κ3) is 3.65. The minimum atomic E-state index is -0.469. The summed E-state index contributed by atoms with van der Waals surface area (Å²) in [6.07, 6.45) is -0.469. The summed E-state index contributed by atoms with van der Waals surface area (Å²) in [5, 5.41) is 8.26. The van der Waals surface area contributed by atoms with E-state index in [1.165, 1.54) is 23.1 Å². The maximum absolute atomic E-state index is 12.1. The predicted octanol–water partition coefficient (Wildman–Crippen LogP) is 4.27. The molecule has 0 radical (unpaired) electrons. The number of para-hydroxylation sites is 2. The molecule has 1 atom stereocenters. The van der Waals surface area contributed by atoms with Crippen LogP contribution in [-0.4, -0.2) is 28.3 Å². The van der Waals surface area contributed by atoms with Crippen molar-refractivity contribution < 1.29 is 18.7 Å². The molecule has 2 aromatic heterocycles. The molecule has 128 valence electrons. The van der Waals surface area contributed by atoms with E-state index in [1.54, 1.807) is 12.1 Å². The number of nitrogens with zero attached hydrogens (tertiary/aromatic N) is 2. The largest absolute Gasteiger partial charge is 0.485 e. The number of halogens is 1. The van der Waals surface area contributed by atoms with Gasteiger partial charge in [-0.25, -0.2) is 0 Å². The molecule has 25 heavy (non-hydrogen) atoms. The number of fused-ring (bicyclic) bond motifs is 1. The van der Waals surface area contributed by atoms with Gasteiger partial charge < -0.3 is 13.9 Å². The number of rotatable bonds is 5. The molecule has 0 saturated heterocycles. The molecule has 1 aliphatic heterocycles. The van der Waals surface area contributed by atoms with Crippen LogP contribution in [0.5, 0.6) is 11.5 Å².